The molecule has 0 N–H and O–H groups in total. The van der Waals surface area contributed by atoms with Gasteiger partial charge in [-0.05, 0) is 18.2 Å². The number of halogens is 5. The van der Waals surface area contributed by atoms with Gasteiger partial charge < -0.3 is 4.74 Å². The summed E-state index contributed by atoms with van der Waals surface area (Å²) in [7, 11) is 1.17. The van der Waals surface area contributed by atoms with Gasteiger partial charge in [-0.3, -0.25) is 4.79 Å². The van der Waals surface area contributed by atoms with Gasteiger partial charge in [0.25, 0.3) is 0 Å². The Labute approximate surface area is 93.0 Å². The molecule has 1 aromatic rings. The maximum Gasteiger partial charge on any atom is 0.458 e. The molecule has 2 nitrogen and oxygen atoms in total. The molecule has 0 radical (unpaired) electrons. The number of benzene rings is 1. The second-order valence-electron chi connectivity index (χ2n) is 3.15. The molecule has 0 aromatic heterocycles. The lowest BCUT2D eigenvalue weighted by molar-refractivity contribution is -0.289. The summed E-state index contributed by atoms with van der Waals surface area (Å²) in [5.74, 6) is -5.07. The predicted octanol–water partition coefficient (Wildman–Crippen LogP) is 3.16. The van der Waals surface area contributed by atoms with Crippen LogP contribution >= 0.6 is 0 Å². The van der Waals surface area contributed by atoms with E-state index < -0.39 is 17.7 Å². The SMILES string of the molecule is COc1ccc(C(F)(F)C(F)(F)F)cc1C=O. The number of carbonyl (C=O) groups is 1. The summed E-state index contributed by atoms with van der Waals surface area (Å²) in [6.07, 6.45) is -5.56. The first-order valence-electron chi connectivity index (χ1n) is 4.32. The van der Waals surface area contributed by atoms with Gasteiger partial charge in [0.05, 0.1) is 12.7 Å². The molecule has 0 saturated heterocycles. The van der Waals surface area contributed by atoms with E-state index in [-0.39, 0.29) is 17.6 Å². The van der Waals surface area contributed by atoms with Crippen molar-refractivity contribution in [2.24, 2.45) is 0 Å². The third-order valence-corrected chi connectivity index (χ3v) is 2.08. The van der Waals surface area contributed by atoms with Crippen molar-refractivity contribution in [2.75, 3.05) is 7.11 Å². The third-order valence-electron chi connectivity index (χ3n) is 2.08. The van der Waals surface area contributed by atoms with E-state index >= 15 is 0 Å². The van der Waals surface area contributed by atoms with E-state index in [1.54, 1.807) is 0 Å². The highest BCUT2D eigenvalue weighted by molar-refractivity contribution is 5.79. The fourth-order valence-electron chi connectivity index (χ4n) is 1.19. The molecule has 0 aliphatic carbocycles. The molecule has 0 bridgehead atoms. The lowest BCUT2D eigenvalue weighted by atomic mass is 10.0. The summed E-state index contributed by atoms with van der Waals surface area (Å²) in [6.45, 7) is 0. The van der Waals surface area contributed by atoms with Crippen molar-refractivity contribution in [3.8, 4) is 5.75 Å². The average Bonchev–Trinajstić information content (AvgIpc) is 2.26. The van der Waals surface area contributed by atoms with Crippen molar-refractivity contribution >= 4 is 6.29 Å². The Morgan fingerprint density at radius 3 is 2.18 bits per heavy atom. The van der Waals surface area contributed by atoms with Crippen molar-refractivity contribution in [3.63, 3.8) is 0 Å². The second-order valence-corrected chi connectivity index (χ2v) is 3.15. The van der Waals surface area contributed by atoms with Gasteiger partial charge in [0.2, 0.25) is 0 Å². The van der Waals surface area contributed by atoms with Crippen LogP contribution in [0, 0.1) is 0 Å². The van der Waals surface area contributed by atoms with Gasteiger partial charge in [-0.1, -0.05) is 0 Å². The zero-order chi connectivity index (χ0) is 13.3. The van der Waals surface area contributed by atoms with Crippen molar-refractivity contribution < 1.29 is 31.5 Å². The van der Waals surface area contributed by atoms with Crippen LogP contribution in [0.2, 0.25) is 0 Å². The Bertz CT molecular complexity index is 425. The summed E-state index contributed by atoms with van der Waals surface area (Å²) in [5.41, 5.74) is -1.66. The summed E-state index contributed by atoms with van der Waals surface area (Å²) in [6, 6.07) is 1.91. The molecule has 0 fully saturated rings. The average molecular weight is 254 g/mol. The molecular formula is C10H7F5O2. The molecule has 94 valence electrons. The van der Waals surface area contributed by atoms with Crippen LogP contribution < -0.4 is 4.74 Å². The van der Waals surface area contributed by atoms with E-state index in [0.717, 1.165) is 6.07 Å². The van der Waals surface area contributed by atoms with E-state index in [0.29, 0.717) is 12.1 Å². The number of aldehydes is 1. The Morgan fingerprint density at radius 2 is 1.76 bits per heavy atom. The van der Waals surface area contributed by atoms with Crippen LogP contribution in [0.1, 0.15) is 15.9 Å². The lowest BCUT2D eigenvalue weighted by Gasteiger charge is -2.20. The highest BCUT2D eigenvalue weighted by Crippen LogP contribution is 2.44. The number of alkyl halides is 5. The molecule has 1 aromatic carbocycles. The first kappa shape index (κ1) is 13.4. The minimum absolute atomic E-state index is 0.0678. The molecular weight excluding hydrogens is 247 g/mol. The zero-order valence-corrected chi connectivity index (χ0v) is 8.52. The third kappa shape index (κ3) is 2.37. The van der Waals surface area contributed by atoms with E-state index in [1.807, 2.05) is 0 Å². The standard InChI is InChI=1S/C10H7F5O2/c1-17-8-3-2-7(4-6(8)5-16)9(11,12)10(13,14)15/h2-5H,1H3. The van der Waals surface area contributed by atoms with E-state index in [4.69, 9.17) is 0 Å². The summed E-state index contributed by atoms with van der Waals surface area (Å²) in [5, 5.41) is 0. The second kappa shape index (κ2) is 4.31. The first-order valence-corrected chi connectivity index (χ1v) is 4.32. The van der Waals surface area contributed by atoms with Crippen molar-refractivity contribution in [1.82, 2.24) is 0 Å². The molecule has 0 spiro atoms. The molecule has 17 heavy (non-hydrogen) atoms. The van der Waals surface area contributed by atoms with Crippen molar-refractivity contribution in [3.05, 3.63) is 29.3 Å². The maximum atomic E-state index is 12.9. The van der Waals surface area contributed by atoms with Crippen LogP contribution in [0.4, 0.5) is 22.0 Å². The highest BCUT2D eigenvalue weighted by Gasteiger charge is 2.58. The Hall–Kier alpha value is -1.66. The molecule has 0 amide bonds. The number of rotatable bonds is 3. The molecule has 0 unspecified atom stereocenters. The summed E-state index contributed by atoms with van der Waals surface area (Å²) in [4.78, 5) is 10.5. The Morgan fingerprint density at radius 1 is 1.18 bits per heavy atom. The van der Waals surface area contributed by atoms with Crippen LogP contribution in [-0.2, 0) is 5.92 Å². The topological polar surface area (TPSA) is 26.3 Å². The predicted molar refractivity (Wildman–Crippen MR) is 48.3 cm³/mol. The van der Waals surface area contributed by atoms with Crippen LogP contribution in [-0.4, -0.2) is 19.6 Å². The number of carbonyl (C=O) groups excluding carboxylic acids is 1. The van der Waals surface area contributed by atoms with Crippen LogP contribution in [0.3, 0.4) is 0 Å². The number of hydrogen-bond acceptors (Lipinski definition) is 2. The van der Waals surface area contributed by atoms with Crippen LogP contribution in [0.5, 0.6) is 5.75 Å². The van der Waals surface area contributed by atoms with E-state index in [1.165, 1.54) is 7.11 Å². The van der Waals surface area contributed by atoms with Crippen molar-refractivity contribution in [1.29, 1.82) is 0 Å². The molecule has 0 saturated carbocycles. The number of methoxy groups -OCH3 is 1. The van der Waals surface area contributed by atoms with Gasteiger partial charge in [-0.25, -0.2) is 0 Å². The lowest BCUT2D eigenvalue weighted by Crippen LogP contribution is -2.33. The molecule has 1 rings (SSSR count). The summed E-state index contributed by atoms with van der Waals surface area (Å²) >= 11 is 0. The van der Waals surface area contributed by atoms with Gasteiger partial charge in [-0.2, -0.15) is 22.0 Å². The molecule has 0 aliphatic heterocycles. The van der Waals surface area contributed by atoms with Crippen LogP contribution in [0.15, 0.2) is 18.2 Å². The van der Waals surface area contributed by atoms with E-state index in [9.17, 15) is 26.7 Å². The van der Waals surface area contributed by atoms with Gasteiger partial charge >= 0.3 is 12.1 Å². The first-order chi connectivity index (χ1) is 7.74. The van der Waals surface area contributed by atoms with Gasteiger partial charge in [0, 0.05) is 5.56 Å². The fraction of sp³-hybridized carbons (Fsp3) is 0.300. The normalized spacial score (nSPS) is 12.4. The monoisotopic (exact) mass is 254 g/mol. The Kier molecular flexibility index (Phi) is 3.40. The minimum atomic E-state index is -5.71. The fourth-order valence-corrected chi connectivity index (χ4v) is 1.19. The highest BCUT2D eigenvalue weighted by atomic mass is 19.4. The number of ether oxygens (including phenoxy) is 1. The van der Waals surface area contributed by atoms with E-state index in [2.05, 4.69) is 4.74 Å². The van der Waals surface area contributed by atoms with Gasteiger partial charge in [-0.15, -0.1) is 0 Å². The van der Waals surface area contributed by atoms with Crippen LogP contribution in [0.25, 0.3) is 0 Å². The molecule has 7 heteroatoms. The van der Waals surface area contributed by atoms with Gasteiger partial charge in [0.15, 0.2) is 6.29 Å². The summed E-state index contributed by atoms with van der Waals surface area (Å²) < 4.78 is 66.7. The number of hydrogen-bond donors (Lipinski definition) is 0. The largest absolute Gasteiger partial charge is 0.496 e. The quantitative estimate of drug-likeness (QED) is 0.611. The molecule has 0 aliphatic rings. The Balaban J connectivity index is 3.30. The molecule has 0 atom stereocenters. The van der Waals surface area contributed by atoms with Gasteiger partial charge in [0.1, 0.15) is 5.75 Å². The zero-order valence-electron chi connectivity index (χ0n) is 8.52. The molecule has 0 heterocycles. The smallest absolute Gasteiger partial charge is 0.458 e. The minimum Gasteiger partial charge on any atom is -0.496 e. The van der Waals surface area contributed by atoms with Crippen molar-refractivity contribution in [2.45, 2.75) is 12.1 Å². The maximum absolute atomic E-state index is 12.9.